The van der Waals surface area contributed by atoms with Crippen LogP contribution in [0.4, 0.5) is 0 Å². The molecule has 0 bridgehead atoms. The second-order valence-corrected chi connectivity index (χ2v) is 14.4. The number of hydrogen-bond acceptors (Lipinski definition) is 5. The molecular formula is C32H43N6PPb2. The number of nitrogens with one attached hydrogen (secondary N) is 1. The number of aryl methyl sites for hydroxylation is 2. The van der Waals surface area contributed by atoms with Crippen molar-refractivity contribution in [1.29, 1.82) is 0 Å². The Hall–Kier alpha value is -0.946. The van der Waals surface area contributed by atoms with Gasteiger partial charge in [0, 0.05) is 12.3 Å². The third kappa shape index (κ3) is 9.27. The first kappa shape index (κ1) is 33.0. The number of benzene rings is 2. The van der Waals surface area contributed by atoms with Crippen molar-refractivity contribution in [3.05, 3.63) is 108 Å². The van der Waals surface area contributed by atoms with Gasteiger partial charge in [0.05, 0.1) is 0 Å². The molecule has 1 aliphatic heterocycles. The fourth-order valence-corrected chi connectivity index (χ4v) is 10.8. The predicted octanol–water partition coefficient (Wildman–Crippen LogP) is 4.62. The number of rotatable bonds is 15. The van der Waals surface area contributed by atoms with Crippen molar-refractivity contribution in [3.63, 3.8) is 0 Å². The van der Waals surface area contributed by atoms with E-state index in [1.165, 1.54) is 87.7 Å². The van der Waals surface area contributed by atoms with Gasteiger partial charge in [-0.05, 0) is 16.7 Å². The molecule has 3 aromatic rings. The molecule has 4 unspecified atom stereocenters. The molecule has 1 saturated heterocycles. The molecule has 0 spiro atoms. The van der Waals surface area contributed by atoms with Gasteiger partial charge in [0.1, 0.15) is 0 Å². The van der Waals surface area contributed by atoms with Crippen LogP contribution in [0.2, 0.25) is 0 Å². The van der Waals surface area contributed by atoms with Crippen LogP contribution in [0.3, 0.4) is 0 Å². The van der Waals surface area contributed by atoms with Crippen LogP contribution in [0.5, 0.6) is 0 Å². The summed E-state index contributed by atoms with van der Waals surface area (Å²) >= 11 is 2.40. The first-order valence-electron chi connectivity index (χ1n) is 14.5. The van der Waals surface area contributed by atoms with E-state index < -0.39 is 0 Å². The second-order valence-electron chi connectivity index (χ2n) is 11.3. The third-order valence-electron chi connectivity index (χ3n) is 8.02. The van der Waals surface area contributed by atoms with E-state index >= 15 is 0 Å². The fraction of sp³-hybridized carbons (Fsp3) is 0.438. The SMILES string of the molecule is C=C(C(C)C)C1CC(n2cc(CCc3ccc(C(P)NCc4ccccc4)cc3)nn2)CN1C(=C)CN([CH2][Pb])[CH2][Pb]. The molecule has 214 valence electrons. The van der Waals surface area contributed by atoms with Crippen LogP contribution in [-0.4, -0.2) is 104 Å². The van der Waals surface area contributed by atoms with E-state index in [9.17, 15) is 0 Å². The monoisotopic (exact) mass is 958 g/mol. The van der Waals surface area contributed by atoms with Gasteiger partial charge in [0.15, 0.2) is 0 Å². The minimum atomic E-state index is 0.220. The zero-order valence-electron chi connectivity index (χ0n) is 24.5. The van der Waals surface area contributed by atoms with Crippen LogP contribution in [0.1, 0.15) is 54.5 Å². The van der Waals surface area contributed by atoms with Crippen molar-refractivity contribution in [1.82, 2.24) is 30.1 Å². The standard InChI is InChI=1S/C32H43N6P.2Pb/c1-23(2)25(4)31-18-30(22-37(31)24(3)20-36(5)6)38-21-29(34-35-38)17-14-26-12-15-28(16-13-26)32(39)33-19-27-10-8-7-9-11-27;;/h7-13,15-16,21,23,30-33H,3-6,14,17-20,22,39H2,1-2H3;;. The van der Waals surface area contributed by atoms with Gasteiger partial charge in [-0.15, -0.1) is 9.24 Å². The van der Waals surface area contributed by atoms with Gasteiger partial charge in [-0.1, -0.05) is 54.6 Å². The van der Waals surface area contributed by atoms with Gasteiger partial charge >= 0.3 is 185 Å². The van der Waals surface area contributed by atoms with E-state index in [1.54, 1.807) is 0 Å². The van der Waals surface area contributed by atoms with E-state index in [-0.39, 0.29) is 11.8 Å². The van der Waals surface area contributed by atoms with Crippen molar-refractivity contribution in [3.8, 4) is 0 Å². The van der Waals surface area contributed by atoms with Gasteiger partial charge in [-0.3, -0.25) is 0 Å². The molecule has 1 aromatic heterocycles. The molecule has 2 aromatic carbocycles. The summed E-state index contributed by atoms with van der Waals surface area (Å²) < 4.78 is 4.50. The van der Waals surface area contributed by atoms with Gasteiger partial charge in [-0.2, -0.15) is 0 Å². The zero-order valence-corrected chi connectivity index (χ0v) is 33.4. The number of likely N-dealkylation sites (tertiary alicyclic amines) is 1. The summed E-state index contributed by atoms with van der Waals surface area (Å²) in [6, 6.07) is 20.1. The van der Waals surface area contributed by atoms with E-state index in [2.05, 4.69) is 127 Å². The molecular weight excluding hydrogens is 914 g/mol. The Bertz CT molecular complexity index is 1260. The molecule has 41 heavy (non-hydrogen) atoms. The minimum absolute atomic E-state index is 0.220. The Morgan fingerprint density at radius 3 is 2.41 bits per heavy atom. The molecule has 2 heterocycles. The average Bonchev–Trinajstić information content (AvgIpc) is 3.65. The summed E-state index contributed by atoms with van der Waals surface area (Å²) in [7, 11) is 2.92. The first-order valence-corrected chi connectivity index (χ1v) is 20.6. The molecule has 6 radical (unpaired) electrons. The fourth-order valence-electron chi connectivity index (χ4n) is 5.32. The van der Waals surface area contributed by atoms with Crippen LogP contribution in [-0.2, 0) is 19.4 Å². The van der Waals surface area contributed by atoms with E-state index in [0.29, 0.717) is 12.0 Å². The molecule has 9 heteroatoms. The van der Waals surface area contributed by atoms with Crippen LogP contribution in [0, 0.1) is 5.92 Å². The van der Waals surface area contributed by atoms with Crippen molar-refractivity contribution in [2.45, 2.75) is 57.5 Å². The number of aromatic nitrogens is 3. The predicted molar refractivity (Wildman–Crippen MR) is 175 cm³/mol. The summed E-state index contributed by atoms with van der Waals surface area (Å²) in [5.41, 5.74) is 7.46. The summed E-state index contributed by atoms with van der Waals surface area (Å²) in [5.74, 6) is 0.666. The zero-order chi connectivity index (χ0) is 29.4. The Balaban J connectivity index is 1.33. The van der Waals surface area contributed by atoms with Crippen molar-refractivity contribution in [2.24, 2.45) is 5.92 Å². The van der Waals surface area contributed by atoms with E-state index in [4.69, 9.17) is 0 Å². The van der Waals surface area contributed by atoms with Crippen molar-refractivity contribution < 1.29 is 0 Å². The maximum absolute atomic E-state index is 4.59. The Morgan fingerprint density at radius 1 is 1.05 bits per heavy atom. The van der Waals surface area contributed by atoms with Crippen LogP contribution in [0.15, 0.2) is 85.2 Å². The first-order chi connectivity index (χ1) is 19.8. The molecule has 0 aliphatic carbocycles. The Morgan fingerprint density at radius 2 is 1.76 bits per heavy atom. The average molecular weight is 957 g/mol. The summed E-state index contributed by atoms with van der Waals surface area (Å²) in [6.45, 7) is 16.2. The Kier molecular flexibility index (Phi) is 13.0. The topological polar surface area (TPSA) is 49.2 Å². The van der Waals surface area contributed by atoms with Crippen LogP contribution >= 0.6 is 9.24 Å². The van der Waals surface area contributed by atoms with Crippen LogP contribution in [0.25, 0.3) is 0 Å². The van der Waals surface area contributed by atoms with Gasteiger partial charge in [0.25, 0.3) is 0 Å². The molecule has 1 N–H and O–H groups in total. The van der Waals surface area contributed by atoms with Gasteiger partial charge < -0.3 is 5.32 Å². The summed E-state index contributed by atoms with van der Waals surface area (Å²) in [6.07, 6.45) is 5.01. The normalized spacial score (nSPS) is 17.9. The quantitative estimate of drug-likeness (QED) is 0.137. The van der Waals surface area contributed by atoms with E-state index in [1.807, 2.05) is 0 Å². The van der Waals surface area contributed by atoms with E-state index in [0.717, 1.165) is 44.6 Å². The molecule has 0 saturated carbocycles. The molecule has 4 rings (SSSR count). The molecule has 1 fully saturated rings. The number of nitrogens with zero attached hydrogens (tertiary/aromatic N) is 5. The Labute approximate surface area is 281 Å². The second kappa shape index (κ2) is 16.2. The summed E-state index contributed by atoms with van der Waals surface area (Å²) in [5, 5.41) is 12.7. The molecule has 0 amide bonds. The summed E-state index contributed by atoms with van der Waals surface area (Å²) in [4.78, 5) is 5.05. The number of hydrogen-bond donors (Lipinski definition) is 1. The van der Waals surface area contributed by atoms with Gasteiger partial charge in [0.2, 0.25) is 0 Å². The third-order valence-corrected chi connectivity index (χ3v) is 12.1. The van der Waals surface area contributed by atoms with Crippen LogP contribution < -0.4 is 5.32 Å². The van der Waals surface area contributed by atoms with Gasteiger partial charge in [-0.25, -0.2) is 0 Å². The van der Waals surface area contributed by atoms with Crippen molar-refractivity contribution in [2.75, 3.05) is 21.3 Å². The molecule has 1 aliphatic rings. The molecule has 6 nitrogen and oxygen atoms in total. The maximum atomic E-state index is 4.59. The molecule has 4 atom stereocenters. The van der Waals surface area contributed by atoms with Crippen molar-refractivity contribution >= 4 is 60.8 Å².